The van der Waals surface area contributed by atoms with Crippen molar-refractivity contribution in [1.29, 1.82) is 0 Å². The van der Waals surface area contributed by atoms with Crippen LogP contribution >= 0.6 is 15.9 Å². The molecule has 0 N–H and O–H groups in total. The van der Waals surface area contributed by atoms with Gasteiger partial charge in [-0.3, -0.25) is 0 Å². The number of hydrogen-bond donors (Lipinski definition) is 0. The molecule has 1 nitrogen and oxygen atoms in total. The molecule has 1 fully saturated rings. The first-order valence-electron chi connectivity index (χ1n) is 2.72. The van der Waals surface area contributed by atoms with Gasteiger partial charge in [0.1, 0.15) is 6.10 Å². The summed E-state index contributed by atoms with van der Waals surface area (Å²) in [5.41, 5.74) is 0. The molecule has 0 saturated heterocycles. The molecule has 1 rings (SSSR count). The number of halogens is 3. The predicted molar refractivity (Wildman–Crippen MR) is 33.1 cm³/mol. The lowest BCUT2D eigenvalue weighted by Gasteiger charge is -1.96. The van der Waals surface area contributed by atoms with E-state index >= 15 is 0 Å². The Morgan fingerprint density at radius 1 is 1.67 bits per heavy atom. The minimum atomic E-state index is -2.53. The molecule has 1 saturated carbocycles. The molecule has 0 unspecified atom stereocenters. The Balaban J connectivity index is 2.06. The molecular weight excluding hydrogens is 194 g/mol. The zero-order chi connectivity index (χ0) is 6.91. The Kier molecular flexibility index (Phi) is 2.06. The van der Waals surface area contributed by atoms with Crippen LogP contribution in [0.25, 0.3) is 0 Å². The van der Waals surface area contributed by atoms with E-state index in [2.05, 4.69) is 15.9 Å². The van der Waals surface area contributed by atoms with Crippen LogP contribution in [-0.4, -0.2) is 24.0 Å². The number of alkyl halides is 3. The maximum atomic E-state index is 12.0. The van der Waals surface area contributed by atoms with Crippen molar-refractivity contribution in [3.8, 4) is 0 Å². The van der Waals surface area contributed by atoms with Gasteiger partial charge in [-0.2, -0.15) is 0 Å². The molecule has 0 heterocycles. The second-order valence-corrected chi connectivity index (χ2v) is 2.81. The molecule has 4 heteroatoms. The first-order valence-corrected chi connectivity index (χ1v) is 3.84. The second-order valence-electron chi connectivity index (χ2n) is 2.01. The largest absolute Gasteiger partial charge is 0.371 e. The highest BCUT2D eigenvalue weighted by Crippen LogP contribution is 2.44. The van der Waals surface area contributed by atoms with E-state index in [1.807, 2.05) is 0 Å². The summed E-state index contributed by atoms with van der Waals surface area (Å²) in [4.78, 5) is 0. The summed E-state index contributed by atoms with van der Waals surface area (Å²) in [6.07, 6.45) is -0.893. The highest BCUT2D eigenvalue weighted by Gasteiger charge is 2.58. The summed E-state index contributed by atoms with van der Waals surface area (Å²) < 4.78 is 28.7. The van der Waals surface area contributed by atoms with Gasteiger partial charge in [0.2, 0.25) is 0 Å². The van der Waals surface area contributed by atoms with E-state index in [-0.39, 0.29) is 6.42 Å². The molecule has 0 aromatic rings. The Morgan fingerprint density at radius 3 is 2.56 bits per heavy atom. The van der Waals surface area contributed by atoms with Gasteiger partial charge in [0.25, 0.3) is 5.92 Å². The van der Waals surface area contributed by atoms with E-state index in [0.717, 1.165) is 0 Å². The van der Waals surface area contributed by atoms with Gasteiger partial charge in [-0.1, -0.05) is 15.9 Å². The van der Waals surface area contributed by atoms with Crippen LogP contribution < -0.4 is 0 Å². The highest BCUT2D eigenvalue weighted by atomic mass is 79.9. The van der Waals surface area contributed by atoms with E-state index < -0.39 is 12.0 Å². The van der Waals surface area contributed by atoms with E-state index in [1.165, 1.54) is 0 Å². The van der Waals surface area contributed by atoms with Crippen molar-refractivity contribution in [2.24, 2.45) is 0 Å². The maximum Gasteiger partial charge on any atom is 0.276 e. The van der Waals surface area contributed by atoms with Crippen molar-refractivity contribution in [2.45, 2.75) is 18.4 Å². The van der Waals surface area contributed by atoms with Crippen LogP contribution in [-0.2, 0) is 4.74 Å². The summed E-state index contributed by atoms with van der Waals surface area (Å²) in [5, 5.41) is 0.625. The van der Waals surface area contributed by atoms with Crippen LogP contribution in [0.4, 0.5) is 8.78 Å². The molecule has 1 aliphatic rings. The summed E-state index contributed by atoms with van der Waals surface area (Å²) in [5.74, 6) is -2.53. The lowest BCUT2D eigenvalue weighted by Crippen LogP contribution is -2.05. The molecule has 0 bridgehead atoms. The van der Waals surface area contributed by atoms with Crippen molar-refractivity contribution in [3.05, 3.63) is 0 Å². The van der Waals surface area contributed by atoms with Gasteiger partial charge in [0.05, 0.1) is 6.61 Å². The minimum Gasteiger partial charge on any atom is -0.371 e. The Labute approximate surface area is 60.5 Å². The molecule has 54 valence electrons. The second kappa shape index (κ2) is 2.50. The molecular formula is C5H7BrF2O. The standard InChI is InChI=1S/C5H7BrF2O/c6-1-2-9-4-3-5(4,7)8/h4H,1-3H2/t4-/m0/s1. The number of rotatable bonds is 3. The van der Waals surface area contributed by atoms with Crippen molar-refractivity contribution >= 4 is 15.9 Å². The lowest BCUT2D eigenvalue weighted by atomic mass is 10.7. The summed E-state index contributed by atoms with van der Waals surface area (Å²) >= 11 is 3.07. The topological polar surface area (TPSA) is 9.23 Å². The lowest BCUT2D eigenvalue weighted by molar-refractivity contribution is 0.0191. The first kappa shape index (κ1) is 7.41. The van der Waals surface area contributed by atoms with Crippen molar-refractivity contribution in [2.75, 3.05) is 11.9 Å². The quantitative estimate of drug-likeness (QED) is 0.632. The predicted octanol–water partition coefficient (Wildman–Crippen LogP) is 1.81. The average molecular weight is 201 g/mol. The third kappa shape index (κ3) is 1.86. The van der Waals surface area contributed by atoms with Crippen LogP contribution in [0, 0.1) is 0 Å². The smallest absolute Gasteiger partial charge is 0.276 e. The molecule has 0 radical (unpaired) electrons. The monoisotopic (exact) mass is 200 g/mol. The molecule has 0 aromatic heterocycles. The van der Waals surface area contributed by atoms with Gasteiger partial charge in [0, 0.05) is 11.8 Å². The summed E-state index contributed by atoms with van der Waals surface area (Å²) in [6.45, 7) is 0.375. The zero-order valence-corrected chi connectivity index (χ0v) is 6.33. The molecule has 1 atom stereocenters. The average Bonchev–Trinajstić information content (AvgIpc) is 2.35. The van der Waals surface area contributed by atoms with E-state index in [4.69, 9.17) is 4.74 Å². The van der Waals surface area contributed by atoms with Gasteiger partial charge in [-0.25, -0.2) is 8.78 Å². The van der Waals surface area contributed by atoms with Gasteiger partial charge < -0.3 is 4.74 Å². The Bertz CT molecular complexity index is 107. The number of hydrogen-bond acceptors (Lipinski definition) is 1. The van der Waals surface area contributed by atoms with Gasteiger partial charge in [-0.15, -0.1) is 0 Å². The van der Waals surface area contributed by atoms with Crippen molar-refractivity contribution < 1.29 is 13.5 Å². The fourth-order valence-electron chi connectivity index (χ4n) is 0.556. The first-order chi connectivity index (χ1) is 4.17. The van der Waals surface area contributed by atoms with Crippen LogP contribution in [0.2, 0.25) is 0 Å². The Morgan fingerprint density at radius 2 is 2.22 bits per heavy atom. The molecule has 0 spiro atoms. The molecule has 9 heavy (non-hydrogen) atoms. The van der Waals surface area contributed by atoms with E-state index in [9.17, 15) is 8.78 Å². The molecule has 0 aliphatic heterocycles. The third-order valence-electron chi connectivity index (χ3n) is 1.16. The van der Waals surface area contributed by atoms with Gasteiger partial charge in [-0.05, 0) is 0 Å². The highest BCUT2D eigenvalue weighted by molar-refractivity contribution is 9.09. The van der Waals surface area contributed by atoms with Crippen molar-refractivity contribution in [3.63, 3.8) is 0 Å². The molecule has 0 aromatic carbocycles. The fourth-order valence-corrected chi connectivity index (χ4v) is 0.743. The Hall–Kier alpha value is 0.300. The molecule has 1 aliphatic carbocycles. The van der Waals surface area contributed by atoms with Crippen LogP contribution in [0.15, 0.2) is 0 Å². The van der Waals surface area contributed by atoms with Gasteiger partial charge >= 0.3 is 0 Å². The van der Waals surface area contributed by atoms with E-state index in [1.54, 1.807) is 0 Å². The zero-order valence-electron chi connectivity index (χ0n) is 4.74. The maximum absolute atomic E-state index is 12.0. The van der Waals surface area contributed by atoms with Crippen LogP contribution in [0.1, 0.15) is 6.42 Å². The number of ether oxygens (including phenoxy) is 1. The fraction of sp³-hybridized carbons (Fsp3) is 1.00. The summed E-state index contributed by atoms with van der Waals surface area (Å²) in [6, 6.07) is 0. The minimum absolute atomic E-state index is 0.0972. The van der Waals surface area contributed by atoms with Crippen LogP contribution in [0.3, 0.4) is 0 Å². The SMILES string of the molecule is FC1(F)C[C@@H]1OCCBr. The van der Waals surface area contributed by atoms with Gasteiger partial charge in [0.15, 0.2) is 0 Å². The van der Waals surface area contributed by atoms with Crippen molar-refractivity contribution in [1.82, 2.24) is 0 Å². The van der Waals surface area contributed by atoms with E-state index in [0.29, 0.717) is 11.9 Å². The normalized spacial score (nSPS) is 30.3. The summed E-state index contributed by atoms with van der Waals surface area (Å²) in [7, 11) is 0. The molecule has 0 amide bonds. The van der Waals surface area contributed by atoms with Crippen LogP contribution in [0.5, 0.6) is 0 Å². The third-order valence-corrected chi connectivity index (χ3v) is 1.49.